The number of aromatic nitrogens is 3. The Hall–Kier alpha value is -3.92. The Bertz CT molecular complexity index is 1370. The number of methoxy groups -OCH3 is 1. The number of anilines is 1. The number of nitrogens with one attached hydrogen (secondary N) is 1. The summed E-state index contributed by atoms with van der Waals surface area (Å²) in [5.41, 5.74) is -1.40. The molecule has 2 aromatic heterocycles. The summed E-state index contributed by atoms with van der Waals surface area (Å²) < 4.78 is 46.6. The zero-order valence-electron chi connectivity index (χ0n) is 16.9. The number of amides is 1. The fraction of sp³-hybridized carbons (Fsp3) is 0.0909. The molecule has 4 aromatic rings. The van der Waals surface area contributed by atoms with Gasteiger partial charge >= 0.3 is 12.1 Å². The molecule has 168 valence electrons. The molecule has 0 radical (unpaired) electrons. The second-order valence-electron chi connectivity index (χ2n) is 6.78. The molecule has 0 aliphatic heterocycles. The van der Waals surface area contributed by atoms with Gasteiger partial charge in [-0.3, -0.25) is 4.79 Å². The SMILES string of the molecule is COC(=O)c1ccccc1NC(=O)c1nn2c(C(F)(F)F)cc(-c3ccccc3)nc2c1Cl. The molecule has 1 amide bonds. The molecule has 0 aliphatic carbocycles. The number of halogens is 4. The molecule has 2 heterocycles. The van der Waals surface area contributed by atoms with Crippen LogP contribution in [-0.4, -0.2) is 33.6 Å². The molecular weight excluding hydrogens is 461 g/mol. The molecule has 0 saturated carbocycles. The van der Waals surface area contributed by atoms with Crippen molar-refractivity contribution in [3.63, 3.8) is 0 Å². The van der Waals surface area contributed by atoms with Gasteiger partial charge in [-0.2, -0.15) is 18.3 Å². The maximum atomic E-state index is 13.8. The fourth-order valence-electron chi connectivity index (χ4n) is 3.16. The van der Waals surface area contributed by atoms with Crippen molar-refractivity contribution in [2.75, 3.05) is 12.4 Å². The van der Waals surface area contributed by atoms with Crippen LogP contribution >= 0.6 is 11.6 Å². The summed E-state index contributed by atoms with van der Waals surface area (Å²) in [7, 11) is 1.18. The quantitative estimate of drug-likeness (QED) is 0.415. The summed E-state index contributed by atoms with van der Waals surface area (Å²) in [5.74, 6) is -1.63. The van der Waals surface area contributed by atoms with E-state index in [1.807, 2.05) is 0 Å². The van der Waals surface area contributed by atoms with E-state index in [2.05, 4.69) is 20.1 Å². The number of hydrogen-bond acceptors (Lipinski definition) is 5. The van der Waals surface area contributed by atoms with Crippen molar-refractivity contribution >= 4 is 34.8 Å². The van der Waals surface area contributed by atoms with Crippen molar-refractivity contribution in [1.82, 2.24) is 14.6 Å². The van der Waals surface area contributed by atoms with Crippen molar-refractivity contribution in [3.8, 4) is 11.3 Å². The van der Waals surface area contributed by atoms with Gasteiger partial charge in [-0.05, 0) is 18.2 Å². The molecule has 0 aliphatic rings. The van der Waals surface area contributed by atoms with Gasteiger partial charge in [0.2, 0.25) is 0 Å². The lowest BCUT2D eigenvalue weighted by Crippen LogP contribution is -2.17. The van der Waals surface area contributed by atoms with Crippen LogP contribution in [0.4, 0.5) is 18.9 Å². The molecule has 0 bridgehead atoms. The molecule has 0 saturated heterocycles. The predicted octanol–water partition coefficient (Wildman–Crippen LogP) is 5.11. The van der Waals surface area contributed by atoms with Crippen LogP contribution < -0.4 is 5.32 Å². The zero-order valence-corrected chi connectivity index (χ0v) is 17.6. The van der Waals surface area contributed by atoms with Gasteiger partial charge in [0.1, 0.15) is 5.02 Å². The first-order valence-corrected chi connectivity index (χ1v) is 9.79. The van der Waals surface area contributed by atoms with E-state index < -0.39 is 29.4 Å². The normalized spacial score (nSPS) is 11.4. The number of para-hydroxylation sites is 1. The van der Waals surface area contributed by atoms with Crippen LogP contribution in [0.15, 0.2) is 60.7 Å². The molecule has 33 heavy (non-hydrogen) atoms. The van der Waals surface area contributed by atoms with E-state index >= 15 is 0 Å². The molecule has 0 unspecified atom stereocenters. The first-order chi connectivity index (χ1) is 15.7. The minimum absolute atomic E-state index is 0.0141. The van der Waals surface area contributed by atoms with E-state index in [9.17, 15) is 22.8 Å². The van der Waals surface area contributed by atoms with Crippen LogP contribution in [-0.2, 0) is 10.9 Å². The summed E-state index contributed by atoms with van der Waals surface area (Å²) >= 11 is 6.26. The summed E-state index contributed by atoms with van der Waals surface area (Å²) in [5, 5.41) is 5.85. The minimum atomic E-state index is -4.80. The number of carbonyl (C=O) groups excluding carboxylic acids is 2. The monoisotopic (exact) mass is 474 g/mol. The second kappa shape index (κ2) is 8.55. The highest BCUT2D eigenvalue weighted by atomic mass is 35.5. The van der Waals surface area contributed by atoms with E-state index in [4.69, 9.17) is 11.6 Å². The highest BCUT2D eigenvalue weighted by molar-refractivity contribution is 6.37. The maximum absolute atomic E-state index is 13.8. The van der Waals surface area contributed by atoms with Crippen molar-refractivity contribution < 1.29 is 27.5 Å². The third kappa shape index (κ3) is 4.24. The van der Waals surface area contributed by atoms with Gasteiger partial charge < -0.3 is 10.1 Å². The van der Waals surface area contributed by atoms with Gasteiger partial charge in [0.05, 0.1) is 24.1 Å². The van der Waals surface area contributed by atoms with Crippen LogP contribution in [0.5, 0.6) is 0 Å². The lowest BCUT2D eigenvalue weighted by Gasteiger charge is -2.11. The number of esters is 1. The van der Waals surface area contributed by atoms with Gasteiger partial charge in [-0.15, -0.1) is 0 Å². The Kier molecular flexibility index (Phi) is 5.77. The Morgan fingerprint density at radius 3 is 2.39 bits per heavy atom. The van der Waals surface area contributed by atoms with E-state index in [-0.39, 0.29) is 27.6 Å². The van der Waals surface area contributed by atoms with Crippen molar-refractivity contribution in [2.45, 2.75) is 6.18 Å². The first-order valence-electron chi connectivity index (χ1n) is 9.41. The molecule has 0 atom stereocenters. The van der Waals surface area contributed by atoms with E-state index in [0.717, 1.165) is 6.07 Å². The second-order valence-corrected chi connectivity index (χ2v) is 7.16. The lowest BCUT2D eigenvalue weighted by atomic mass is 10.1. The van der Waals surface area contributed by atoms with Gasteiger partial charge in [0.15, 0.2) is 17.0 Å². The Labute approximate surface area is 189 Å². The third-order valence-corrected chi connectivity index (χ3v) is 5.04. The van der Waals surface area contributed by atoms with E-state index in [0.29, 0.717) is 10.1 Å². The standard InChI is InChI=1S/C22H14ClF3N4O3/c1-33-21(32)13-9-5-6-10-14(13)28-20(31)18-17(23)19-27-15(12-7-3-2-4-8-12)11-16(22(24,25)26)30(19)29-18/h2-11H,1H3,(H,28,31). The summed E-state index contributed by atoms with van der Waals surface area (Å²) in [4.78, 5) is 29.0. The Balaban J connectivity index is 1.83. The molecule has 0 spiro atoms. The van der Waals surface area contributed by atoms with E-state index in [1.54, 1.807) is 42.5 Å². The number of rotatable bonds is 4. The average molecular weight is 475 g/mol. The number of nitrogens with zero attached hydrogens (tertiary/aromatic N) is 3. The van der Waals surface area contributed by atoms with Crippen LogP contribution in [0.2, 0.25) is 5.02 Å². The molecule has 4 rings (SSSR count). The molecule has 2 aromatic carbocycles. The van der Waals surface area contributed by atoms with Crippen molar-refractivity contribution in [3.05, 3.63) is 82.6 Å². The van der Waals surface area contributed by atoms with Gasteiger partial charge in [-0.25, -0.2) is 14.3 Å². The number of alkyl halides is 3. The smallest absolute Gasteiger partial charge is 0.433 e. The van der Waals surface area contributed by atoms with Gasteiger partial charge in [0, 0.05) is 5.56 Å². The minimum Gasteiger partial charge on any atom is -0.465 e. The highest BCUT2D eigenvalue weighted by Gasteiger charge is 2.36. The molecule has 7 nitrogen and oxygen atoms in total. The Morgan fingerprint density at radius 1 is 1.06 bits per heavy atom. The number of ether oxygens (including phenoxy) is 1. The van der Waals surface area contributed by atoms with Crippen LogP contribution in [0.1, 0.15) is 26.5 Å². The number of hydrogen-bond donors (Lipinski definition) is 1. The molecular formula is C22H14ClF3N4O3. The largest absolute Gasteiger partial charge is 0.465 e. The third-order valence-electron chi connectivity index (χ3n) is 4.69. The fourth-order valence-corrected chi connectivity index (χ4v) is 3.40. The summed E-state index contributed by atoms with van der Waals surface area (Å²) in [6.07, 6.45) is -4.80. The number of benzene rings is 2. The van der Waals surface area contributed by atoms with Gasteiger partial charge in [0.25, 0.3) is 5.91 Å². The lowest BCUT2D eigenvalue weighted by molar-refractivity contribution is -0.142. The van der Waals surface area contributed by atoms with Crippen molar-refractivity contribution in [2.24, 2.45) is 0 Å². The average Bonchev–Trinajstić information content (AvgIpc) is 3.14. The summed E-state index contributed by atoms with van der Waals surface area (Å²) in [6.45, 7) is 0. The topological polar surface area (TPSA) is 85.6 Å². The predicted molar refractivity (Wildman–Crippen MR) is 114 cm³/mol. The zero-order chi connectivity index (χ0) is 23.8. The molecule has 1 N–H and O–H groups in total. The number of carbonyl (C=O) groups is 2. The first kappa shape index (κ1) is 22.3. The van der Waals surface area contributed by atoms with Crippen LogP contribution in [0, 0.1) is 0 Å². The maximum Gasteiger partial charge on any atom is 0.433 e. The highest BCUT2D eigenvalue weighted by Crippen LogP contribution is 2.34. The van der Waals surface area contributed by atoms with Gasteiger partial charge in [-0.1, -0.05) is 54.1 Å². The molecule has 0 fully saturated rings. The van der Waals surface area contributed by atoms with E-state index in [1.165, 1.54) is 19.2 Å². The van der Waals surface area contributed by atoms with Crippen LogP contribution in [0.25, 0.3) is 16.9 Å². The van der Waals surface area contributed by atoms with Crippen LogP contribution in [0.3, 0.4) is 0 Å². The number of fused-ring (bicyclic) bond motifs is 1. The van der Waals surface area contributed by atoms with Crippen molar-refractivity contribution in [1.29, 1.82) is 0 Å². The Morgan fingerprint density at radius 2 is 1.73 bits per heavy atom. The summed E-state index contributed by atoms with van der Waals surface area (Å²) in [6, 6.07) is 15.0. The molecule has 11 heteroatoms.